The first kappa shape index (κ1) is 12.6. The molecular formula is C13H10FN3O2. The lowest BCUT2D eigenvalue weighted by atomic mass is 10.0. The summed E-state index contributed by atoms with van der Waals surface area (Å²) >= 11 is 0. The van der Waals surface area contributed by atoms with Crippen molar-refractivity contribution < 1.29 is 9.13 Å². The van der Waals surface area contributed by atoms with Gasteiger partial charge in [-0.25, -0.2) is 4.39 Å². The van der Waals surface area contributed by atoms with E-state index < -0.39 is 11.4 Å². The van der Waals surface area contributed by atoms with Crippen LogP contribution in [0.4, 0.5) is 10.2 Å². The number of nitrogens with zero attached hydrogens (tertiary/aromatic N) is 1. The minimum Gasteiger partial charge on any atom is -0.494 e. The fourth-order valence-electron chi connectivity index (χ4n) is 1.75. The summed E-state index contributed by atoms with van der Waals surface area (Å²) in [4.78, 5) is 13.9. The number of methoxy groups -OCH3 is 1. The van der Waals surface area contributed by atoms with Crippen LogP contribution < -0.4 is 16.0 Å². The van der Waals surface area contributed by atoms with Gasteiger partial charge in [-0.1, -0.05) is 6.07 Å². The average Bonchev–Trinajstić information content (AvgIpc) is 2.37. The summed E-state index contributed by atoms with van der Waals surface area (Å²) in [5, 5.41) is 8.99. The minimum absolute atomic E-state index is 0.0834. The highest BCUT2D eigenvalue weighted by atomic mass is 19.1. The Morgan fingerprint density at radius 3 is 2.74 bits per heavy atom. The Balaban J connectivity index is 2.69. The molecule has 0 unspecified atom stereocenters. The molecule has 0 spiro atoms. The first-order valence-electron chi connectivity index (χ1n) is 5.33. The van der Waals surface area contributed by atoms with Gasteiger partial charge in [-0.2, -0.15) is 5.26 Å². The van der Waals surface area contributed by atoms with Crippen molar-refractivity contribution in [2.75, 3.05) is 12.8 Å². The summed E-state index contributed by atoms with van der Waals surface area (Å²) in [7, 11) is 1.35. The number of hydrogen-bond acceptors (Lipinski definition) is 4. The Hall–Kier alpha value is -2.81. The predicted molar refractivity (Wildman–Crippen MR) is 68.1 cm³/mol. The number of nitrogens with two attached hydrogens (primary N) is 1. The first-order chi connectivity index (χ1) is 9.06. The van der Waals surface area contributed by atoms with E-state index >= 15 is 0 Å². The number of pyridine rings is 1. The smallest absolute Gasteiger partial charge is 0.268 e. The normalized spacial score (nSPS) is 9.95. The zero-order valence-electron chi connectivity index (χ0n) is 10.0. The van der Waals surface area contributed by atoms with E-state index in [0.717, 1.165) is 0 Å². The van der Waals surface area contributed by atoms with Crippen LogP contribution >= 0.6 is 0 Å². The molecule has 0 saturated heterocycles. The third-order valence-corrected chi connectivity index (χ3v) is 2.63. The van der Waals surface area contributed by atoms with Crippen LogP contribution in [0, 0.1) is 17.1 Å². The lowest BCUT2D eigenvalue weighted by Crippen LogP contribution is -2.13. The number of rotatable bonds is 2. The van der Waals surface area contributed by atoms with Gasteiger partial charge in [0.25, 0.3) is 5.56 Å². The summed E-state index contributed by atoms with van der Waals surface area (Å²) < 4.78 is 18.5. The second-order valence-corrected chi connectivity index (χ2v) is 3.80. The van der Waals surface area contributed by atoms with E-state index in [1.54, 1.807) is 12.1 Å². The van der Waals surface area contributed by atoms with Crippen molar-refractivity contribution in [2.24, 2.45) is 0 Å². The quantitative estimate of drug-likeness (QED) is 0.857. The fraction of sp³-hybridized carbons (Fsp3) is 0.0769. The van der Waals surface area contributed by atoms with Crippen molar-refractivity contribution in [3.05, 3.63) is 46.0 Å². The third-order valence-electron chi connectivity index (χ3n) is 2.63. The first-order valence-corrected chi connectivity index (χ1v) is 5.33. The number of anilines is 1. The van der Waals surface area contributed by atoms with E-state index in [1.807, 2.05) is 0 Å². The molecule has 96 valence electrons. The summed E-state index contributed by atoms with van der Waals surface area (Å²) in [6.45, 7) is 0. The number of hydrogen-bond donors (Lipinski definition) is 2. The molecule has 1 heterocycles. The van der Waals surface area contributed by atoms with Crippen molar-refractivity contribution in [3.63, 3.8) is 0 Å². The molecule has 0 amide bonds. The van der Waals surface area contributed by atoms with E-state index in [-0.39, 0.29) is 22.7 Å². The zero-order valence-corrected chi connectivity index (χ0v) is 10.0. The molecular weight excluding hydrogens is 249 g/mol. The van der Waals surface area contributed by atoms with Gasteiger partial charge < -0.3 is 15.5 Å². The van der Waals surface area contributed by atoms with Gasteiger partial charge in [-0.3, -0.25) is 4.79 Å². The molecule has 0 saturated carbocycles. The van der Waals surface area contributed by atoms with Gasteiger partial charge in [0.05, 0.1) is 7.11 Å². The maximum absolute atomic E-state index is 13.6. The van der Waals surface area contributed by atoms with Crippen LogP contribution in [0.3, 0.4) is 0 Å². The number of benzene rings is 1. The lowest BCUT2D eigenvalue weighted by Gasteiger charge is -2.07. The van der Waals surface area contributed by atoms with Gasteiger partial charge in [-0.15, -0.1) is 0 Å². The largest absolute Gasteiger partial charge is 0.494 e. The number of ether oxygens (including phenoxy) is 1. The Kier molecular flexibility index (Phi) is 3.21. The molecule has 5 nitrogen and oxygen atoms in total. The van der Waals surface area contributed by atoms with Crippen LogP contribution in [-0.2, 0) is 0 Å². The summed E-state index contributed by atoms with van der Waals surface area (Å²) in [6, 6.07) is 7.36. The number of nitrogens with one attached hydrogen (secondary N) is 1. The molecule has 1 aromatic heterocycles. The summed E-state index contributed by atoms with van der Waals surface area (Å²) in [5.74, 6) is -0.391. The van der Waals surface area contributed by atoms with E-state index in [2.05, 4.69) is 4.98 Å². The molecule has 1 aromatic carbocycles. The molecule has 19 heavy (non-hydrogen) atoms. The molecule has 0 radical (unpaired) electrons. The molecule has 0 aliphatic heterocycles. The predicted octanol–water partition coefficient (Wildman–Crippen LogP) is 1.64. The van der Waals surface area contributed by atoms with Gasteiger partial charge in [0.2, 0.25) is 0 Å². The molecule has 6 heteroatoms. The van der Waals surface area contributed by atoms with Crippen molar-refractivity contribution in [1.29, 1.82) is 5.26 Å². The minimum atomic E-state index is -0.603. The highest BCUT2D eigenvalue weighted by molar-refractivity contribution is 5.72. The molecule has 0 bridgehead atoms. The van der Waals surface area contributed by atoms with Gasteiger partial charge in [0.1, 0.15) is 17.5 Å². The van der Waals surface area contributed by atoms with Gasteiger partial charge in [-0.05, 0) is 23.8 Å². The van der Waals surface area contributed by atoms with Crippen molar-refractivity contribution >= 4 is 5.82 Å². The van der Waals surface area contributed by atoms with Crippen molar-refractivity contribution in [3.8, 4) is 22.9 Å². The zero-order chi connectivity index (χ0) is 14.0. The maximum atomic E-state index is 13.6. The average molecular weight is 259 g/mol. The highest BCUT2D eigenvalue weighted by Gasteiger charge is 2.12. The molecule has 0 aliphatic rings. The molecule has 0 aliphatic carbocycles. The molecule has 2 aromatic rings. The topological polar surface area (TPSA) is 91.9 Å². The maximum Gasteiger partial charge on any atom is 0.268 e. The number of H-pyrrole nitrogens is 1. The highest BCUT2D eigenvalue weighted by Crippen LogP contribution is 2.27. The van der Waals surface area contributed by atoms with E-state index in [9.17, 15) is 9.18 Å². The number of halogens is 1. The molecule has 2 rings (SSSR count). The van der Waals surface area contributed by atoms with Crippen LogP contribution in [0.25, 0.3) is 11.1 Å². The Bertz CT molecular complexity index is 732. The number of aromatic nitrogens is 1. The monoisotopic (exact) mass is 259 g/mol. The lowest BCUT2D eigenvalue weighted by molar-refractivity contribution is 0.386. The van der Waals surface area contributed by atoms with Crippen LogP contribution in [0.5, 0.6) is 5.75 Å². The van der Waals surface area contributed by atoms with Crippen LogP contribution in [0.1, 0.15) is 5.56 Å². The second-order valence-electron chi connectivity index (χ2n) is 3.80. The van der Waals surface area contributed by atoms with Gasteiger partial charge in [0, 0.05) is 5.56 Å². The van der Waals surface area contributed by atoms with E-state index in [4.69, 9.17) is 15.7 Å². The Labute approximate surface area is 108 Å². The second kappa shape index (κ2) is 4.82. The van der Waals surface area contributed by atoms with Crippen molar-refractivity contribution in [1.82, 2.24) is 4.98 Å². The Morgan fingerprint density at radius 1 is 1.42 bits per heavy atom. The fourth-order valence-corrected chi connectivity index (χ4v) is 1.75. The molecule has 3 N–H and O–H groups in total. The van der Waals surface area contributed by atoms with Gasteiger partial charge in [0.15, 0.2) is 11.6 Å². The van der Waals surface area contributed by atoms with Crippen molar-refractivity contribution in [2.45, 2.75) is 0 Å². The SMILES string of the molecule is COc1ccc(-c2cc(N)[nH]c(=O)c2C#N)cc1F. The number of aromatic amines is 1. The van der Waals surface area contributed by atoms with Crippen LogP contribution in [-0.4, -0.2) is 12.1 Å². The van der Waals surface area contributed by atoms with E-state index in [0.29, 0.717) is 5.56 Å². The van der Waals surface area contributed by atoms with E-state index in [1.165, 1.54) is 25.3 Å². The standard InChI is InChI=1S/C13H10FN3O2/c1-19-11-3-2-7(4-10(11)14)8-5-12(16)17-13(18)9(8)6-15/h2-5H,1H3,(H3,16,17,18). The summed E-state index contributed by atoms with van der Waals surface area (Å²) in [6.07, 6.45) is 0. The third kappa shape index (κ3) is 2.26. The molecule has 0 atom stereocenters. The number of nitrogen functional groups attached to an aromatic ring is 1. The van der Waals surface area contributed by atoms with Gasteiger partial charge >= 0.3 is 0 Å². The number of nitriles is 1. The van der Waals surface area contributed by atoms with Crippen LogP contribution in [0.15, 0.2) is 29.1 Å². The molecule has 0 fully saturated rings. The summed E-state index contributed by atoms with van der Waals surface area (Å²) in [5.41, 5.74) is 5.48. The Morgan fingerprint density at radius 2 is 2.16 bits per heavy atom. The van der Waals surface area contributed by atoms with Crippen LogP contribution in [0.2, 0.25) is 0 Å².